The summed E-state index contributed by atoms with van der Waals surface area (Å²) in [5.41, 5.74) is 3.53. The van der Waals surface area contributed by atoms with Crippen LogP contribution in [0.1, 0.15) is 36.7 Å². The molecule has 2 fully saturated rings. The Morgan fingerprint density at radius 3 is 2.73 bits per heavy atom. The summed E-state index contributed by atoms with van der Waals surface area (Å²) in [7, 11) is 0. The summed E-state index contributed by atoms with van der Waals surface area (Å²) < 4.78 is 1.75. The average Bonchev–Trinajstić information content (AvgIpc) is 3.19. The van der Waals surface area contributed by atoms with Gasteiger partial charge < -0.3 is 10.0 Å². The smallest absolute Gasteiger partial charge is 0.128 e. The van der Waals surface area contributed by atoms with Crippen molar-refractivity contribution in [1.29, 1.82) is 0 Å². The predicted octanol–water partition coefficient (Wildman–Crippen LogP) is 1.38. The monoisotopic (exact) mass is 299 g/mol. The van der Waals surface area contributed by atoms with Gasteiger partial charge >= 0.3 is 0 Å². The second kappa shape index (κ2) is 5.05. The first kappa shape index (κ1) is 13.7. The van der Waals surface area contributed by atoms with Crippen molar-refractivity contribution in [1.82, 2.24) is 20.0 Å². The Labute approximate surface area is 129 Å². The highest BCUT2D eigenvalue weighted by molar-refractivity contribution is 5.47. The van der Waals surface area contributed by atoms with Crippen molar-refractivity contribution in [2.75, 3.05) is 18.0 Å². The Balaban J connectivity index is 1.52. The fourth-order valence-electron chi connectivity index (χ4n) is 3.23. The van der Waals surface area contributed by atoms with Crippen LogP contribution in [-0.2, 0) is 19.6 Å². The molecule has 1 saturated carbocycles. The molecule has 1 N–H and O–H groups in total. The van der Waals surface area contributed by atoms with E-state index in [-0.39, 0.29) is 6.61 Å². The van der Waals surface area contributed by atoms with Crippen LogP contribution in [0.2, 0.25) is 0 Å². The van der Waals surface area contributed by atoms with Gasteiger partial charge in [0, 0.05) is 24.2 Å². The van der Waals surface area contributed by atoms with Gasteiger partial charge in [-0.15, -0.1) is 5.10 Å². The lowest BCUT2D eigenvalue weighted by Crippen LogP contribution is -2.48. The van der Waals surface area contributed by atoms with Crippen molar-refractivity contribution < 1.29 is 5.11 Å². The van der Waals surface area contributed by atoms with E-state index in [1.807, 2.05) is 0 Å². The Kier molecular flexibility index (Phi) is 3.14. The Morgan fingerprint density at radius 2 is 2.09 bits per heavy atom. The molecule has 0 atom stereocenters. The molecule has 3 heterocycles. The number of aliphatic hydroxyl groups is 1. The molecular formula is C16H21N5O. The van der Waals surface area contributed by atoms with Crippen molar-refractivity contribution >= 4 is 5.82 Å². The van der Waals surface area contributed by atoms with Gasteiger partial charge in [-0.05, 0) is 30.9 Å². The van der Waals surface area contributed by atoms with E-state index in [1.165, 1.54) is 31.5 Å². The van der Waals surface area contributed by atoms with Crippen LogP contribution >= 0.6 is 0 Å². The third-order valence-corrected chi connectivity index (χ3v) is 4.80. The van der Waals surface area contributed by atoms with Crippen molar-refractivity contribution in [2.45, 2.75) is 39.3 Å². The van der Waals surface area contributed by atoms with E-state index in [9.17, 15) is 0 Å². The van der Waals surface area contributed by atoms with Crippen molar-refractivity contribution in [3.63, 3.8) is 0 Å². The Hall–Kier alpha value is -1.95. The average molecular weight is 299 g/mol. The fourth-order valence-corrected chi connectivity index (χ4v) is 3.23. The molecule has 0 unspecified atom stereocenters. The van der Waals surface area contributed by atoms with Crippen molar-refractivity contribution in [3.05, 3.63) is 35.3 Å². The van der Waals surface area contributed by atoms with Gasteiger partial charge in [-0.1, -0.05) is 18.2 Å². The maximum atomic E-state index is 9.06. The standard InChI is InChI=1S/C16H21N5O/c1-2-14-12(7-21-8-13(9-22)18-19-21)3-4-15(17-14)20-10-16(11-20)5-6-16/h3-4,8,22H,2,5-7,9-11H2,1H3. The van der Waals surface area contributed by atoms with E-state index < -0.39 is 0 Å². The highest BCUT2D eigenvalue weighted by atomic mass is 16.3. The maximum absolute atomic E-state index is 9.06. The molecule has 22 heavy (non-hydrogen) atoms. The topological polar surface area (TPSA) is 67.1 Å². The largest absolute Gasteiger partial charge is 0.390 e. The highest BCUT2D eigenvalue weighted by Gasteiger charge is 2.52. The zero-order chi connectivity index (χ0) is 15.2. The zero-order valence-electron chi connectivity index (χ0n) is 12.9. The summed E-state index contributed by atoms with van der Waals surface area (Å²) in [5, 5.41) is 17.0. The van der Waals surface area contributed by atoms with Gasteiger partial charge in [-0.3, -0.25) is 0 Å². The lowest BCUT2D eigenvalue weighted by atomic mass is 9.97. The molecule has 4 rings (SSSR count). The summed E-state index contributed by atoms with van der Waals surface area (Å²) in [5.74, 6) is 1.10. The fraction of sp³-hybridized carbons (Fsp3) is 0.562. The minimum absolute atomic E-state index is 0.0749. The molecule has 0 bridgehead atoms. The van der Waals surface area contributed by atoms with Crippen LogP contribution in [0.3, 0.4) is 0 Å². The van der Waals surface area contributed by atoms with E-state index in [4.69, 9.17) is 10.1 Å². The summed E-state index contributed by atoms with van der Waals surface area (Å²) in [6.07, 6.45) is 5.47. The van der Waals surface area contributed by atoms with E-state index in [2.05, 4.69) is 34.3 Å². The van der Waals surface area contributed by atoms with Crippen molar-refractivity contribution in [2.24, 2.45) is 5.41 Å². The molecule has 2 aromatic rings. The Bertz CT molecular complexity index is 684. The minimum atomic E-state index is -0.0749. The molecule has 6 heteroatoms. The van der Waals surface area contributed by atoms with Gasteiger partial charge in [0.05, 0.1) is 19.3 Å². The molecule has 2 aromatic heterocycles. The molecule has 2 aliphatic rings. The van der Waals surface area contributed by atoms with Crippen LogP contribution < -0.4 is 4.90 Å². The maximum Gasteiger partial charge on any atom is 0.128 e. The van der Waals surface area contributed by atoms with Gasteiger partial charge in [0.15, 0.2) is 0 Å². The third-order valence-electron chi connectivity index (χ3n) is 4.80. The normalized spacial score (nSPS) is 18.5. The second-order valence-corrected chi connectivity index (χ2v) is 6.55. The van der Waals surface area contributed by atoms with E-state index in [0.717, 1.165) is 17.9 Å². The number of aromatic nitrogens is 4. The van der Waals surface area contributed by atoms with Crippen LogP contribution in [0.4, 0.5) is 5.82 Å². The number of hydrogen-bond acceptors (Lipinski definition) is 5. The number of nitrogens with zero attached hydrogens (tertiary/aromatic N) is 5. The van der Waals surface area contributed by atoms with E-state index >= 15 is 0 Å². The lowest BCUT2D eigenvalue weighted by Gasteiger charge is -2.41. The predicted molar refractivity (Wildman–Crippen MR) is 82.5 cm³/mol. The van der Waals surface area contributed by atoms with Gasteiger partial charge in [0.2, 0.25) is 0 Å². The number of hydrogen-bond donors (Lipinski definition) is 1. The molecule has 116 valence electrons. The molecular weight excluding hydrogens is 278 g/mol. The lowest BCUT2D eigenvalue weighted by molar-refractivity contribution is 0.276. The molecule has 0 aromatic carbocycles. The second-order valence-electron chi connectivity index (χ2n) is 6.55. The Morgan fingerprint density at radius 1 is 1.27 bits per heavy atom. The number of aryl methyl sites for hydroxylation is 1. The summed E-state index contributed by atoms with van der Waals surface area (Å²) >= 11 is 0. The minimum Gasteiger partial charge on any atom is -0.390 e. The molecule has 0 radical (unpaired) electrons. The van der Waals surface area contributed by atoms with E-state index in [0.29, 0.717) is 17.7 Å². The number of pyridine rings is 1. The molecule has 1 aliphatic carbocycles. The number of aliphatic hydroxyl groups excluding tert-OH is 1. The molecule has 0 amide bonds. The SMILES string of the molecule is CCc1nc(N2CC3(CC3)C2)ccc1Cn1cc(CO)nn1. The van der Waals surface area contributed by atoms with Crippen LogP contribution in [-0.4, -0.2) is 38.2 Å². The van der Waals surface area contributed by atoms with Gasteiger partial charge in [-0.2, -0.15) is 0 Å². The third kappa shape index (κ3) is 2.37. The summed E-state index contributed by atoms with van der Waals surface area (Å²) in [6.45, 7) is 5.05. The zero-order valence-corrected chi connectivity index (χ0v) is 12.9. The van der Waals surface area contributed by atoms with E-state index in [1.54, 1.807) is 10.9 Å². The van der Waals surface area contributed by atoms with Crippen LogP contribution in [0.5, 0.6) is 0 Å². The number of anilines is 1. The van der Waals surface area contributed by atoms with Gasteiger partial charge in [-0.25, -0.2) is 9.67 Å². The highest BCUT2D eigenvalue weighted by Crippen LogP contribution is 2.53. The van der Waals surface area contributed by atoms with Gasteiger partial charge in [0.1, 0.15) is 11.5 Å². The quantitative estimate of drug-likeness (QED) is 0.903. The van der Waals surface area contributed by atoms with Crippen molar-refractivity contribution in [3.8, 4) is 0 Å². The first-order valence-electron chi connectivity index (χ1n) is 7.95. The molecule has 1 aliphatic heterocycles. The summed E-state index contributed by atoms with van der Waals surface area (Å²) in [4.78, 5) is 7.23. The van der Waals surface area contributed by atoms with Crippen LogP contribution in [0, 0.1) is 5.41 Å². The first-order chi connectivity index (χ1) is 10.7. The van der Waals surface area contributed by atoms with Gasteiger partial charge in [0.25, 0.3) is 0 Å². The first-order valence-corrected chi connectivity index (χ1v) is 7.95. The molecule has 1 saturated heterocycles. The molecule has 1 spiro atoms. The molecule has 6 nitrogen and oxygen atoms in total. The van der Waals surface area contributed by atoms with Crippen LogP contribution in [0.25, 0.3) is 0 Å². The summed E-state index contributed by atoms with van der Waals surface area (Å²) in [6, 6.07) is 4.27. The van der Waals surface area contributed by atoms with Crippen LogP contribution in [0.15, 0.2) is 18.3 Å². The number of rotatable bonds is 5.